The number of fused-ring (bicyclic) bond motifs is 1. The second-order valence-electron chi connectivity index (χ2n) is 10.7. The van der Waals surface area contributed by atoms with E-state index in [0.717, 1.165) is 0 Å². The third-order valence-electron chi connectivity index (χ3n) is 6.89. The van der Waals surface area contributed by atoms with Gasteiger partial charge in [-0.3, -0.25) is 9.59 Å². The van der Waals surface area contributed by atoms with Gasteiger partial charge in [0.05, 0.1) is 27.4 Å². The third-order valence-corrected chi connectivity index (χ3v) is 8.41. The number of para-hydroxylation sites is 1. The maximum absolute atomic E-state index is 13.7. The number of hydrogen-bond donors (Lipinski definition) is 2. The fraction of sp³-hybridized carbons (Fsp3) is 0.300. The lowest BCUT2D eigenvalue weighted by atomic mass is 10.0. The zero-order valence-corrected chi connectivity index (χ0v) is 24.9. The van der Waals surface area contributed by atoms with E-state index in [0.29, 0.717) is 22.5 Å². The molecule has 45 heavy (non-hydrogen) atoms. The molecule has 0 spiro atoms. The Hall–Kier alpha value is -4.24. The van der Waals surface area contributed by atoms with Gasteiger partial charge in [0.25, 0.3) is 5.91 Å². The number of benzodiazepines with no additional fused rings is 1. The summed E-state index contributed by atoms with van der Waals surface area (Å²) in [6.45, 7) is 3.18. The van der Waals surface area contributed by atoms with Gasteiger partial charge in [0, 0.05) is 18.2 Å². The molecule has 0 aliphatic carbocycles. The number of alkyl halides is 6. The van der Waals surface area contributed by atoms with Crippen LogP contribution >= 0.6 is 0 Å². The van der Waals surface area contributed by atoms with Gasteiger partial charge in [-0.05, 0) is 36.6 Å². The van der Waals surface area contributed by atoms with Crippen molar-refractivity contribution in [3.05, 3.63) is 95.1 Å². The Morgan fingerprint density at radius 3 is 2.16 bits per heavy atom. The summed E-state index contributed by atoms with van der Waals surface area (Å²) in [7, 11) is -3.93. The van der Waals surface area contributed by atoms with Crippen molar-refractivity contribution in [2.75, 3.05) is 11.9 Å². The quantitative estimate of drug-likeness (QED) is 0.319. The fourth-order valence-corrected chi connectivity index (χ4v) is 6.22. The molecule has 15 heteroatoms. The Morgan fingerprint density at radius 1 is 0.933 bits per heavy atom. The van der Waals surface area contributed by atoms with Crippen molar-refractivity contribution >= 4 is 33.2 Å². The molecule has 0 aromatic heterocycles. The van der Waals surface area contributed by atoms with E-state index in [4.69, 9.17) is 0 Å². The number of nitrogens with zero attached hydrogens (tertiary/aromatic N) is 2. The third kappa shape index (κ3) is 7.53. The predicted octanol–water partition coefficient (Wildman–Crippen LogP) is 5.37. The molecule has 1 heterocycles. The zero-order valence-electron chi connectivity index (χ0n) is 24.1. The number of amides is 2. The Labute approximate surface area is 255 Å². The van der Waals surface area contributed by atoms with Crippen molar-refractivity contribution in [1.29, 1.82) is 0 Å². The van der Waals surface area contributed by atoms with Crippen molar-refractivity contribution in [3.63, 3.8) is 0 Å². The summed E-state index contributed by atoms with van der Waals surface area (Å²) in [6, 6.07) is 13.7. The van der Waals surface area contributed by atoms with E-state index in [2.05, 4.69) is 10.3 Å². The molecular formula is C30H28F6N4O4S. The van der Waals surface area contributed by atoms with Crippen molar-refractivity contribution < 1.29 is 44.3 Å². The largest absolute Gasteiger partial charge is 0.417 e. The van der Waals surface area contributed by atoms with E-state index in [1.165, 1.54) is 11.9 Å². The number of aliphatic imine (C=N–C) groups is 1. The molecule has 2 N–H and O–H groups in total. The molecule has 1 aliphatic heterocycles. The molecule has 2 unspecified atom stereocenters. The Morgan fingerprint density at radius 2 is 1.56 bits per heavy atom. The molecule has 240 valence electrons. The lowest BCUT2D eigenvalue weighted by molar-refractivity contribution is -0.143. The van der Waals surface area contributed by atoms with Crippen molar-refractivity contribution in [2.24, 2.45) is 10.9 Å². The lowest BCUT2D eigenvalue weighted by Gasteiger charge is -2.25. The van der Waals surface area contributed by atoms with E-state index in [1.54, 1.807) is 68.4 Å². The van der Waals surface area contributed by atoms with E-state index >= 15 is 0 Å². The summed E-state index contributed by atoms with van der Waals surface area (Å²) in [5.41, 5.74) is -1.53. The van der Waals surface area contributed by atoms with E-state index < -0.39 is 68.3 Å². The van der Waals surface area contributed by atoms with Gasteiger partial charge in [0.15, 0.2) is 0 Å². The molecule has 3 aromatic carbocycles. The van der Waals surface area contributed by atoms with Gasteiger partial charge < -0.3 is 10.2 Å². The molecule has 4 rings (SSSR count). The second-order valence-corrected chi connectivity index (χ2v) is 12.4. The number of carbonyl (C=O) groups is 2. The maximum Gasteiger partial charge on any atom is 0.417 e. The van der Waals surface area contributed by atoms with Gasteiger partial charge in [0.1, 0.15) is 6.04 Å². The minimum absolute atomic E-state index is 0.0203. The van der Waals surface area contributed by atoms with Crippen LogP contribution in [0, 0.1) is 5.92 Å². The molecule has 0 radical (unpaired) electrons. The Bertz CT molecular complexity index is 1720. The van der Waals surface area contributed by atoms with E-state index in [1.807, 2.05) is 4.72 Å². The van der Waals surface area contributed by atoms with Crippen LogP contribution in [0.1, 0.15) is 42.5 Å². The zero-order chi connectivity index (χ0) is 33.3. The summed E-state index contributed by atoms with van der Waals surface area (Å²) in [5, 5.41) is 2.39. The van der Waals surface area contributed by atoms with Crippen molar-refractivity contribution in [3.8, 4) is 0 Å². The molecule has 2 atom stereocenters. The Balaban J connectivity index is 1.74. The molecule has 0 fully saturated rings. The van der Waals surface area contributed by atoms with Crippen LogP contribution in [0.3, 0.4) is 0 Å². The molecular weight excluding hydrogens is 626 g/mol. The van der Waals surface area contributed by atoms with Crippen LogP contribution in [0.5, 0.6) is 0 Å². The predicted molar refractivity (Wildman–Crippen MR) is 154 cm³/mol. The molecule has 3 aromatic rings. The topological polar surface area (TPSA) is 108 Å². The number of nitrogens with one attached hydrogen (secondary N) is 2. The summed E-state index contributed by atoms with van der Waals surface area (Å²) in [4.78, 5) is 31.1. The monoisotopic (exact) mass is 654 g/mol. The van der Waals surface area contributed by atoms with Gasteiger partial charge in [-0.2, -0.15) is 31.1 Å². The van der Waals surface area contributed by atoms with Crippen LogP contribution in [-0.2, 0) is 32.0 Å². The van der Waals surface area contributed by atoms with Gasteiger partial charge in [0.2, 0.25) is 22.1 Å². The minimum atomic E-state index is -5.38. The molecule has 0 saturated heterocycles. The number of benzene rings is 3. The first-order chi connectivity index (χ1) is 20.9. The number of carbonyl (C=O) groups excluding carboxylic acids is 2. The summed E-state index contributed by atoms with van der Waals surface area (Å²) in [6.07, 6.45) is -12.4. The first kappa shape index (κ1) is 33.6. The summed E-state index contributed by atoms with van der Waals surface area (Å²) in [5.74, 6) is -2.25. The average Bonchev–Trinajstić information content (AvgIpc) is 3.06. The van der Waals surface area contributed by atoms with Crippen molar-refractivity contribution in [1.82, 2.24) is 10.0 Å². The van der Waals surface area contributed by atoms with Gasteiger partial charge >= 0.3 is 12.4 Å². The molecule has 0 saturated carbocycles. The lowest BCUT2D eigenvalue weighted by Crippen LogP contribution is -2.53. The highest BCUT2D eigenvalue weighted by atomic mass is 32.2. The number of rotatable bonds is 8. The van der Waals surface area contributed by atoms with Gasteiger partial charge in [-0.1, -0.05) is 62.4 Å². The minimum Gasteiger partial charge on any atom is -0.325 e. The number of anilines is 1. The van der Waals surface area contributed by atoms with Crippen LogP contribution < -0.4 is 14.9 Å². The maximum atomic E-state index is 13.7. The normalized spacial score (nSPS) is 16.6. The SMILES string of the molecule is CC(C)CC(NS(=O)(=O)c1cc(C(F)(F)F)ccc1C(F)(F)F)C(=O)NC1N=C(c2ccccc2)c2ccccc2N(C)C1=O. The first-order valence-electron chi connectivity index (χ1n) is 13.5. The number of hydrogen-bond acceptors (Lipinski definition) is 5. The molecule has 2 amide bonds. The van der Waals surface area contributed by atoms with Gasteiger partial charge in [-0.25, -0.2) is 13.4 Å². The highest BCUT2D eigenvalue weighted by molar-refractivity contribution is 7.89. The highest BCUT2D eigenvalue weighted by Crippen LogP contribution is 2.38. The fourth-order valence-electron chi connectivity index (χ4n) is 4.76. The molecule has 1 aliphatic rings. The van der Waals surface area contributed by atoms with Crippen LogP contribution in [0.25, 0.3) is 0 Å². The molecule has 8 nitrogen and oxygen atoms in total. The average molecular weight is 655 g/mol. The first-order valence-corrected chi connectivity index (χ1v) is 15.0. The number of halogens is 6. The number of sulfonamides is 1. The second kappa shape index (κ2) is 12.6. The molecule has 0 bridgehead atoms. The number of likely N-dealkylation sites (N-methyl/N-ethyl adjacent to an activating group) is 1. The van der Waals surface area contributed by atoms with Crippen LogP contribution in [0.2, 0.25) is 0 Å². The highest BCUT2D eigenvalue weighted by Gasteiger charge is 2.42. The van der Waals surface area contributed by atoms with Crippen LogP contribution in [0.4, 0.5) is 32.0 Å². The van der Waals surface area contributed by atoms with Crippen molar-refractivity contribution in [2.45, 2.75) is 49.7 Å². The van der Waals surface area contributed by atoms with Crippen LogP contribution in [0.15, 0.2) is 82.7 Å². The van der Waals surface area contributed by atoms with E-state index in [9.17, 15) is 44.3 Å². The van der Waals surface area contributed by atoms with E-state index in [-0.39, 0.29) is 24.6 Å². The Kier molecular flexibility index (Phi) is 9.45. The van der Waals surface area contributed by atoms with Crippen LogP contribution in [-0.4, -0.2) is 45.2 Å². The van der Waals surface area contributed by atoms with Gasteiger partial charge in [-0.15, -0.1) is 0 Å². The smallest absolute Gasteiger partial charge is 0.325 e. The summed E-state index contributed by atoms with van der Waals surface area (Å²) >= 11 is 0. The standard InChI is InChI=1S/C30H28F6N4O4S/c1-17(2)15-22(39-45(43,44)24-16-19(29(31,32)33)13-14-21(24)30(34,35)36)27(41)38-26-28(42)40(3)23-12-8-7-11-20(23)25(37-26)18-9-5-4-6-10-18/h4-14,16-17,22,26,39H,15H2,1-3H3,(H,38,41). The summed E-state index contributed by atoms with van der Waals surface area (Å²) < 4.78 is 110.